The zero-order chi connectivity index (χ0) is 15.4. The molecule has 0 saturated carbocycles. The topological polar surface area (TPSA) is 93.9 Å². The first-order valence-electron chi connectivity index (χ1n) is 6.54. The van der Waals surface area contributed by atoms with Gasteiger partial charge in [0.25, 0.3) is 5.88 Å². The second-order valence-corrected chi connectivity index (χ2v) is 5.05. The standard InChI is InChI=1S/C15H16N4O2/c1-10(2)9-19-6-5-18-14(15(19)20)21-13-4-3-11(8-16)7-12(13)17/h3-7,10H,9,17H2,1-2H3. The van der Waals surface area contributed by atoms with Gasteiger partial charge < -0.3 is 15.0 Å². The average molecular weight is 284 g/mol. The summed E-state index contributed by atoms with van der Waals surface area (Å²) in [5.41, 5.74) is 6.21. The molecule has 21 heavy (non-hydrogen) atoms. The summed E-state index contributed by atoms with van der Waals surface area (Å²) in [7, 11) is 0. The fourth-order valence-corrected chi connectivity index (χ4v) is 1.85. The maximum atomic E-state index is 12.2. The number of nitrogen functional groups attached to an aromatic ring is 1. The Morgan fingerprint density at radius 3 is 2.86 bits per heavy atom. The molecule has 0 aliphatic rings. The van der Waals surface area contributed by atoms with Crippen LogP contribution >= 0.6 is 0 Å². The molecule has 0 aliphatic heterocycles. The highest BCUT2D eigenvalue weighted by atomic mass is 16.5. The van der Waals surface area contributed by atoms with Crippen LogP contribution in [-0.4, -0.2) is 9.55 Å². The lowest BCUT2D eigenvalue weighted by molar-refractivity contribution is 0.434. The lowest BCUT2D eigenvalue weighted by Crippen LogP contribution is -2.23. The van der Waals surface area contributed by atoms with E-state index in [1.54, 1.807) is 22.9 Å². The Morgan fingerprint density at radius 2 is 2.24 bits per heavy atom. The van der Waals surface area contributed by atoms with Crippen molar-refractivity contribution in [3.63, 3.8) is 0 Å². The van der Waals surface area contributed by atoms with Crippen molar-refractivity contribution < 1.29 is 4.74 Å². The number of benzene rings is 1. The van der Waals surface area contributed by atoms with E-state index in [2.05, 4.69) is 4.98 Å². The van der Waals surface area contributed by atoms with Crippen molar-refractivity contribution in [2.45, 2.75) is 20.4 Å². The van der Waals surface area contributed by atoms with Crippen molar-refractivity contribution >= 4 is 5.69 Å². The monoisotopic (exact) mass is 284 g/mol. The van der Waals surface area contributed by atoms with Crippen molar-refractivity contribution in [3.8, 4) is 17.7 Å². The van der Waals surface area contributed by atoms with Crippen LogP contribution in [0.5, 0.6) is 11.6 Å². The van der Waals surface area contributed by atoms with Gasteiger partial charge >= 0.3 is 5.56 Å². The fourth-order valence-electron chi connectivity index (χ4n) is 1.85. The van der Waals surface area contributed by atoms with E-state index in [1.807, 2.05) is 19.9 Å². The van der Waals surface area contributed by atoms with Gasteiger partial charge in [0.1, 0.15) is 0 Å². The van der Waals surface area contributed by atoms with Crippen LogP contribution in [0.15, 0.2) is 35.4 Å². The van der Waals surface area contributed by atoms with Crippen LogP contribution in [0.3, 0.4) is 0 Å². The van der Waals surface area contributed by atoms with Gasteiger partial charge in [0, 0.05) is 18.9 Å². The number of ether oxygens (including phenoxy) is 1. The quantitative estimate of drug-likeness (QED) is 0.868. The van der Waals surface area contributed by atoms with E-state index in [1.165, 1.54) is 12.3 Å². The molecule has 1 aromatic carbocycles. The molecule has 6 nitrogen and oxygen atoms in total. The van der Waals surface area contributed by atoms with Gasteiger partial charge in [-0.2, -0.15) is 5.26 Å². The van der Waals surface area contributed by atoms with E-state index in [9.17, 15) is 4.79 Å². The molecule has 0 spiro atoms. The third-order valence-corrected chi connectivity index (χ3v) is 2.79. The van der Waals surface area contributed by atoms with Crippen molar-refractivity contribution in [1.29, 1.82) is 5.26 Å². The molecule has 0 atom stereocenters. The molecule has 1 heterocycles. The van der Waals surface area contributed by atoms with E-state index < -0.39 is 0 Å². The first-order valence-corrected chi connectivity index (χ1v) is 6.54. The smallest absolute Gasteiger partial charge is 0.313 e. The van der Waals surface area contributed by atoms with Gasteiger partial charge in [-0.15, -0.1) is 0 Å². The molecule has 2 N–H and O–H groups in total. The van der Waals surface area contributed by atoms with Gasteiger partial charge in [0.05, 0.1) is 17.3 Å². The molecule has 0 fully saturated rings. The van der Waals surface area contributed by atoms with Gasteiger partial charge in [-0.05, 0) is 24.1 Å². The Bertz CT molecular complexity index is 744. The Labute approximate surface area is 122 Å². The zero-order valence-electron chi connectivity index (χ0n) is 11.9. The summed E-state index contributed by atoms with van der Waals surface area (Å²) in [5, 5.41) is 8.79. The highest BCUT2D eigenvalue weighted by Crippen LogP contribution is 2.25. The van der Waals surface area contributed by atoms with Crippen LogP contribution in [0.25, 0.3) is 0 Å². The van der Waals surface area contributed by atoms with Crippen molar-refractivity contribution in [1.82, 2.24) is 9.55 Å². The predicted molar refractivity (Wildman–Crippen MR) is 79.0 cm³/mol. The summed E-state index contributed by atoms with van der Waals surface area (Å²) >= 11 is 0. The third-order valence-electron chi connectivity index (χ3n) is 2.79. The lowest BCUT2D eigenvalue weighted by Gasteiger charge is -2.11. The molecule has 6 heteroatoms. The fraction of sp³-hybridized carbons (Fsp3) is 0.267. The molecule has 0 saturated heterocycles. The Hall–Kier alpha value is -2.81. The first-order chi connectivity index (χ1) is 10.0. The van der Waals surface area contributed by atoms with Crippen LogP contribution in [0.2, 0.25) is 0 Å². The first kappa shape index (κ1) is 14.6. The van der Waals surface area contributed by atoms with E-state index in [4.69, 9.17) is 15.7 Å². The third kappa shape index (κ3) is 3.39. The van der Waals surface area contributed by atoms with Crippen LogP contribution in [0.1, 0.15) is 19.4 Å². The number of hydrogen-bond donors (Lipinski definition) is 1. The van der Waals surface area contributed by atoms with Crippen molar-refractivity contribution in [3.05, 3.63) is 46.5 Å². The van der Waals surface area contributed by atoms with Gasteiger partial charge in [-0.1, -0.05) is 13.8 Å². The number of nitrogens with zero attached hydrogens (tertiary/aromatic N) is 3. The highest BCUT2D eigenvalue weighted by molar-refractivity contribution is 5.57. The van der Waals surface area contributed by atoms with Gasteiger partial charge in [-0.25, -0.2) is 4.98 Å². The highest BCUT2D eigenvalue weighted by Gasteiger charge is 2.10. The molecule has 2 rings (SSSR count). The molecule has 0 unspecified atom stereocenters. The molecule has 0 bridgehead atoms. The number of aromatic nitrogens is 2. The minimum absolute atomic E-state index is 0.0328. The molecular weight excluding hydrogens is 268 g/mol. The zero-order valence-corrected chi connectivity index (χ0v) is 11.9. The van der Waals surface area contributed by atoms with Gasteiger partial charge in [-0.3, -0.25) is 4.79 Å². The summed E-state index contributed by atoms with van der Waals surface area (Å²) in [6, 6.07) is 6.60. The molecule has 0 aliphatic carbocycles. The van der Waals surface area contributed by atoms with Gasteiger partial charge in [0.2, 0.25) is 0 Å². The maximum absolute atomic E-state index is 12.2. The molecule has 0 amide bonds. The van der Waals surface area contributed by atoms with Crippen LogP contribution < -0.4 is 16.0 Å². The van der Waals surface area contributed by atoms with Crippen molar-refractivity contribution in [2.75, 3.05) is 5.73 Å². The van der Waals surface area contributed by atoms with E-state index in [0.717, 1.165) is 0 Å². The van der Waals surface area contributed by atoms with E-state index >= 15 is 0 Å². The molecule has 0 radical (unpaired) electrons. The molecule has 108 valence electrons. The van der Waals surface area contributed by atoms with Gasteiger partial charge in [0.15, 0.2) is 5.75 Å². The van der Waals surface area contributed by atoms with Crippen LogP contribution in [-0.2, 0) is 6.54 Å². The SMILES string of the molecule is CC(C)Cn1ccnc(Oc2ccc(C#N)cc2N)c1=O. The largest absolute Gasteiger partial charge is 0.432 e. The molecule has 1 aromatic heterocycles. The Balaban J connectivity index is 2.32. The van der Waals surface area contributed by atoms with E-state index in [0.29, 0.717) is 23.8 Å². The van der Waals surface area contributed by atoms with E-state index in [-0.39, 0.29) is 17.1 Å². The summed E-state index contributed by atoms with van der Waals surface area (Å²) in [6.07, 6.45) is 3.14. The second kappa shape index (κ2) is 6.09. The number of hydrogen-bond acceptors (Lipinski definition) is 5. The molecule has 2 aromatic rings. The predicted octanol–water partition coefficient (Wildman–Crippen LogP) is 2.15. The number of anilines is 1. The van der Waals surface area contributed by atoms with Crippen LogP contribution in [0, 0.1) is 17.2 Å². The summed E-state index contributed by atoms with van der Waals surface area (Å²) in [4.78, 5) is 16.2. The Kier molecular flexibility index (Phi) is 4.24. The lowest BCUT2D eigenvalue weighted by atomic mass is 10.2. The van der Waals surface area contributed by atoms with Crippen LogP contribution in [0.4, 0.5) is 5.69 Å². The summed E-state index contributed by atoms with van der Waals surface area (Å²) in [5.74, 6) is 0.605. The summed E-state index contributed by atoms with van der Waals surface area (Å²) in [6.45, 7) is 4.62. The maximum Gasteiger partial charge on any atom is 0.313 e. The Morgan fingerprint density at radius 1 is 1.48 bits per heavy atom. The minimum atomic E-state index is -0.310. The summed E-state index contributed by atoms with van der Waals surface area (Å²) < 4.78 is 7.03. The normalized spacial score (nSPS) is 10.4. The second-order valence-electron chi connectivity index (χ2n) is 5.05. The molecular formula is C15H16N4O2. The number of nitrogens with two attached hydrogens (primary N) is 1. The average Bonchev–Trinajstić information content (AvgIpc) is 2.44. The van der Waals surface area contributed by atoms with Crippen molar-refractivity contribution in [2.24, 2.45) is 5.92 Å². The number of nitriles is 1. The minimum Gasteiger partial charge on any atom is -0.432 e. The number of rotatable bonds is 4.